The molecule has 184 valence electrons. The quantitative estimate of drug-likeness (QED) is 0.460. The van der Waals surface area contributed by atoms with Crippen molar-refractivity contribution in [1.82, 2.24) is 0 Å². The average Bonchev–Trinajstić information content (AvgIpc) is 3.44. The molecule has 34 heavy (non-hydrogen) atoms. The third-order valence-electron chi connectivity index (χ3n) is 6.24. The predicted octanol–water partition coefficient (Wildman–Crippen LogP) is 1.75. The SMILES string of the molecule is COc1cc(C(O)C(CO)Oc2c(OC)cc(C3OCC4C(=O)OCC43)cc2OC)ccc1O. The number of hydrogen-bond acceptors (Lipinski definition) is 10. The highest BCUT2D eigenvalue weighted by molar-refractivity contribution is 5.75. The van der Waals surface area contributed by atoms with E-state index in [1.54, 1.807) is 12.1 Å². The molecule has 3 N–H and O–H groups in total. The van der Waals surface area contributed by atoms with Gasteiger partial charge in [0, 0.05) is 5.92 Å². The van der Waals surface area contributed by atoms with Crippen LogP contribution in [0.3, 0.4) is 0 Å². The number of cyclic esters (lactones) is 1. The number of carbonyl (C=O) groups excluding carboxylic acids is 1. The molecule has 0 saturated carbocycles. The van der Waals surface area contributed by atoms with Crippen LogP contribution in [-0.2, 0) is 14.3 Å². The summed E-state index contributed by atoms with van der Waals surface area (Å²) < 4.78 is 33.2. The zero-order valence-corrected chi connectivity index (χ0v) is 19.1. The van der Waals surface area contributed by atoms with E-state index in [-0.39, 0.29) is 54.4 Å². The van der Waals surface area contributed by atoms with E-state index in [0.29, 0.717) is 17.1 Å². The lowest BCUT2D eigenvalue weighted by atomic mass is 9.90. The molecule has 5 unspecified atom stereocenters. The van der Waals surface area contributed by atoms with Crippen LogP contribution in [0.4, 0.5) is 0 Å². The molecule has 2 saturated heterocycles. The number of methoxy groups -OCH3 is 3. The second-order valence-electron chi connectivity index (χ2n) is 8.12. The predicted molar refractivity (Wildman–Crippen MR) is 117 cm³/mol. The molecular weight excluding hydrogens is 448 g/mol. The zero-order valence-electron chi connectivity index (χ0n) is 19.1. The molecule has 2 aliphatic rings. The van der Waals surface area contributed by atoms with Crippen LogP contribution in [0, 0.1) is 11.8 Å². The summed E-state index contributed by atoms with van der Waals surface area (Å²) in [5, 5.41) is 30.6. The highest BCUT2D eigenvalue weighted by Crippen LogP contribution is 2.47. The number of rotatable bonds is 9. The van der Waals surface area contributed by atoms with Gasteiger partial charge in [-0.1, -0.05) is 6.07 Å². The van der Waals surface area contributed by atoms with Gasteiger partial charge >= 0.3 is 5.97 Å². The number of aliphatic hydroxyl groups is 2. The van der Waals surface area contributed by atoms with Gasteiger partial charge in [-0.15, -0.1) is 0 Å². The van der Waals surface area contributed by atoms with Gasteiger partial charge in [0.2, 0.25) is 5.75 Å². The number of benzene rings is 2. The van der Waals surface area contributed by atoms with Gasteiger partial charge in [-0.2, -0.15) is 0 Å². The summed E-state index contributed by atoms with van der Waals surface area (Å²) in [6.45, 7) is 0.0468. The van der Waals surface area contributed by atoms with Crippen LogP contribution in [0.15, 0.2) is 30.3 Å². The third-order valence-corrected chi connectivity index (χ3v) is 6.24. The molecule has 5 atom stereocenters. The highest BCUT2D eigenvalue weighted by Gasteiger charge is 2.48. The van der Waals surface area contributed by atoms with Crippen LogP contribution < -0.4 is 18.9 Å². The van der Waals surface area contributed by atoms with Gasteiger partial charge in [-0.05, 0) is 35.4 Å². The topological polar surface area (TPSA) is 133 Å². The number of phenolic OH excluding ortho intramolecular Hbond substituents is 1. The Kier molecular flexibility index (Phi) is 7.01. The van der Waals surface area contributed by atoms with E-state index in [1.807, 2.05) is 0 Å². The number of phenols is 1. The molecule has 10 nitrogen and oxygen atoms in total. The van der Waals surface area contributed by atoms with Gasteiger partial charge in [0.05, 0.1) is 53.2 Å². The van der Waals surface area contributed by atoms with Gasteiger partial charge in [0.15, 0.2) is 29.1 Å². The van der Waals surface area contributed by atoms with E-state index in [0.717, 1.165) is 5.56 Å². The first-order valence-electron chi connectivity index (χ1n) is 10.8. The summed E-state index contributed by atoms with van der Waals surface area (Å²) in [4.78, 5) is 11.9. The number of aromatic hydroxyl groups is 1. The van der Waals surface area contributed by atoms with E-state index in [4.69, 9.17) is 28.4 Å². The van der Waals surface area contributed by atoms with Crippen LogP contribution in [0.25, 0.3) is 0 Å². The fraction of sp³-hybridized carbons (Fsp3) is 0.458. The van der Waals surface area contributed by atoms with Gasteiger partial charge in [0.25, 0.3) is 0 Å². The van der Waals surface area contributed by atoms with Crippen LogP contribution in [-0.4, -0.2) is 68.5 Å². The number of esters is 1. The Morgan fingerprint density at radius 2 is 1.71 bits per heavy atom. The Morgan fingerprint density at radius 3 is 2.32 bits per heavy atom. The largest absolute Gasteiger partial charge is 0.504 e. The average molecular weight is 476 g/mol. The smallest absolute Gasteiger partial charge is 0.311 e. The minimum atomic E-state index is -1.26. The second-order valence-corrected chi connectivity index (χ2v) is 8.12. The summed E-state index contributed by atoms with van der Waals surface area (Å²) in [6.07, 6.45) is -2.72. The number of hydrogen-bond donors (Lipinski definition) is 3. The van der Waals surface area contributed by atoms with E-state index < -0.39 is 18.8 Å². The van der Waals surface area contributed by atoms with Crippen molar-refractivity contribution in [3.05, 3.63) is 41.5 Å². The Labute approximate surface area is 196 Å². The number of carbonyl (C=O) groups is 1. The number of ether oxygens (including phenoxy) is 6. The maximum Gasteiger partial charge on any atom is 0.311 e. The van der Waals surface area contributed by atoms with Crippen LogP contribution in [0.5, 0.6) is 28.7 Å². The van der Waals surface area contributed by atoms with Crippen LogP contribution in [0.1, 0.15) is 23.3 Å². The standard InChI is InChI=1S/C24H28O10/c1-29-17-6-12(4-5-16(17)26)21(27)20(9-25)34-23-18(30-2)7-13(8-19(23)31-3)22-14-10-33-24(28)15(14)11-32-22/h4-8,14-15,20-22,25-27H,9-11H2,1-3H3. The van der Waals surface area contributed by atoms with Crippen molar-refractivity contribution in [1.29, 1.82) is 0 Å². The van der Waals surface area contributed by atoms with Crippen molar-refractivity contribution in [2.45, 2.75) is 18.3 Å². The van der Waals surface area contributed by atoms with Gasteiger partial charge in [-0.3, -0.25) is 4.79 Å². The first-order valence-corrected chi connectivity index (χ1v) is 10.8. The highest BCUT2D eigenvalue weighted by atomic mass is 16.6. The summed E-state index contributed by atoms with van der Waals surface area (Å²) in [5.74, 6) is 0.241. The van der Waals surface area contributed by atoms with Crippen molar-refractivity contribution in [2.24, 2.45) is 11.8 Å². The molecule has 0 amide bonds. The Morgan fingerprint density at radius 1 is 1.03 bits per heavy atom. The third kappa shape index (κ3) is 4.31. The molecule has 4 rings (SSSR count). The molecule has 0 aromatic heterocycles. The van der Waals surface area contributed by atoms with Crippen molar-refractivity contribution in [2.75, 3.05) is 41.2 Å². The van der Waals surface area contributed by atoms with Crippen LogP contribution in [0.2, 0.25) is 0 Å². The second kappa shape index (κ2) is 9.96. The molecule has 2 heterocycles. The maximum atomic E-state index is 11.9. The van der Waals surface area contributed by atoms with E-state index in [2.05, 4.69) is 0 Å². The van der Waals surface area contributed by atoms with Gasteiger partial charge < -0.3 is 43.7 Å². The fourth-order valence-corrected chi connectivity index (χ4v) is 4.37. The number of aliphatic hydroxyl groups excluding tert-OH is 2. The zero-order chi connectivity index (χ0) is 24.4. The molecule has 0 bridgehead atoms. The Balaban J connectivity index is 1.62. The normalized spacial score (nSPS) is 23.1. The monoisotopic (exact) mass is 476 g/mol. The van der Waals surface area contributed by atoms with Crippen LogP contribution >= 0.6 is 0 Å². The van der Waals surface area contributed by atoms with E-state index in [9.17, 15) is 20.1 Å². The maximum absolute atomic E-state index is 11.9. The molecule has 2 aromatic rings. The summed E-state index contributed by atoms with van der Waals surface area (Å²) in [5.41, 5.74) is 1.11. The first kappa shape index (κ1) is 23.9. The Bertz CT molecular complexity index is 1010. The molecule has 0 aliphatic carbocycles. The van der Waals surface area contributed by atoms with Crippen molar-refractivity contribution in [3.63, 3.8) is 0 Å². The summed E-state index contributed by atoms with van der Waals surface area (Å²) in [6, 6.07) is 7.79. The lowest BCUT2D eigenvalue weighted by molar-refractivity contribution is -0.142. The number of fused-ring (bicyclic) bond motifs is 1. The lowest BCUT2D eigenvalue weighted by Gasteiger charge is -2.26. The molecule has 0 radical (unpaired) electrons. The minimum absolute atomic E-state index is 0.0791. The summed E-state index contributed by atoms with van der Waals surface area (Å²) in [7, 11) is 4.31. The van der Waals surface area contributed by atoms with Gasteiger partial charge in [-0.25, -0.2) is 0 Å². The van der Waals surface area contributed by atoms with Crippen molar-refractivity contribution < 1.29 is 48.5 Å². The van der Waals surface area contributed by atoms with Crippen molar-refractivity contribution in [3.8, 4) is 28.7 Å². The van der Waals surface area contributed by atoms with E-state index >= 15 is 0 Å². The molecule has 0 spiro atoms. The molecule has 2 fully saturated rings. The summed E-state index contributed by atoms with van der Waals surface area (Å²) >= 11 is 0. The first-order chi connectivity index (χ1) is 16.4. The van der Waals surface area contributed by atoms with Crippen molar-refractivity contribution >= 4 is 5.97 Å². The minimum Gasteiger partial charge on any atom is -0.504 e. The lowest BCUT2D eigenvalue weighted by Crippen LogP contribution is -2.29. The molecular formula is C24H28O10. The fourth-order valence-electron chi connectivity index (χ4n) is 4.37. The molecule has 10 heteroatoms. The van der Waals surface area contributed by atoms with Gasteiger partial charge in [0.1, 0.15) is 6.10 Å². The van der Waals surface area contributed by atoms with E-state index in [1.165, 1.54) is 39.5 Å². The Hall–Kier alpha value is -3.21. The molecule has 2 aromatic carbocycles. The molecule has 2 aliphatic heterocycles.